The minimum Gasteiger partial charge on any atom is -0.349 e. The van der Waals surface area contributed by atoms with E-state index in [1.165, 1.54) is 5.57 Å². The number of rotatable bonds is 3. The van der Waals surface area contributed by atoms with Crippen molar-refractivity contribution in [2.75, 3.05) is 0 Å². The molecule has 0 fully saturated rings. The van der Waals surface area contributed by atoms with Crippen molar-refractivity contribution in [3.05, 3.63) is 67.9 Å². The van der Waals surface area contributed by atoms with Gasteiger partial charge in [-0.25, -0.2) is 4.79 Å². The van der Waals surface area contributed by atoms with Crippen molar-refractivity contribution in [3.63, 3.8) is 0 Å². The molecule has 0 amide bonds. The van der Waals surface area contributed by atoms with Gasteiger partial charge in [-0.3, -0.25) is 4.79 Å². The summed E-state index contributed by atoms with van der Waals surface area (Å²) in [5.74, 6) is 0.489. The van der Waals surface area contributed by atoms with Crippen LogP contribution in [0.1, 0.15) is 26.2 Å². The van der Waals surface area contributed by atoms with Gasteiger partial charge in [0, 0.05) is 15.9 Å². The number of hydrogen-bond acceptors (Lipinski definition) is 3. The first kappa shape index (κ1) is 17.5. The molecule has 138 valence electrons. The van der Waals surface area contributed by atoms with Crippen LogP contribution in [-0.2, 0) is 0 Å². The fourth-order valence-corrected chi connectivity index (χ4v) is 3.64. The highest BCUT2D eigenvalue weighted by Crippen LogP contribution is 2.27. The number of hydrogen-bond donors (Lipinski definition) is 2. The van der Waals surface area contributed by atoms with E-state index in [-0.39, 0.29) is 0 Å². The molecule has 4 rings (SSSR count). The number of halogens is 1. The van der Waals surface area contributed by atoms with Crippen molar-refractivity contribution in [2.45, 2.75) is 26.2 Å². The third-order valence-electron chi connectivity index (χ3n) is 5.07. The minimum atomic E-state index is -0.583. The lowest BCUT2D eigenvalue weighted by Gasteiger charge is -2.20. The molecule has 0 bridgehead atoms. The summed E-state index contributed by atoms with van der Waals surface area (Å²) in [5, 5.41) is 5.36. The standard InChI is InChI=1S/C20H19ClN4O2/c1-11(2)13-5-3-12(4-6-13)10-22-25-19(26)18-17(24-20(25)27)15-9-14(21)7-8-16(15)23-18/h3,7-10,13,23H,1,4-6H2,2H3,(H,24,27)/b22-10+. The molecule has 2 aromatic heterocycles. The molecule has 2 heterocycles. The molecule has 0 aliphatic heterocycles. The predicted molar refractivity (Wildman–Crippen MR) is 110 cm³/mol. The van der Waals surface area contributed by atoms with Crippen molar-refractivity contribution >= 4 is 39.8 Å². The Morgan fingerprint density at radius 3 is 2.85 bits per heavy atom. The van der Waals surface area contributed by atoms with Crippen LogP contribution in [0.25, 0.3) is 21.9 Å². The van der Waals surface area contributed by atoms with Crippen LogP contribution in [0.5, 0.6) is 0 Å². The van der Waals surface area contributed by atoms with Crippen LogP contribution in [0.3, 0.4) is 0 Å². The van der Waals surface area contributed by atoms with Gasteiger partial charge in [0.15, 0.2) is 0 Å². The van der Waals surface area contributed by atoms with Crippen molar-refractivity contribution in [2.24, 2.45) is 11.0 Å². The van der Waals surface area contributed by atoms with Gasteiger partial charge in [0.25, 0.3) is 0 Å². The Bertz CT molecular complexity index is 1240. The molecule has 7 heteroatoms. The molecule has 1 aliphatic rings. The first-order valence-corrected chi connectivity index (χ1v) is 9.17. The molecule has 1 unspecified atom stereocenters. The number of aromatic nitrogens is 3. The molecule has 6 nitrogen and oxygen atoms in total. The summed E-state index contributed by atoms with van der Waals surface area (Å²) in [6.45, 7) is 6.05. The van der Waals surface area contributed by atoms with Gasteiger partial charge in [0.05, 0.1) is 11.7 Å². The zero-order chi connectivity index (χ0) is 19.1. The van der Waals surface area contributed by atoms with Crippen LogP contribution in [0.15, 0.2) is 56.7 Å². The Labute approximate surface area is 159 Å². The maximum atomic E-state index is 12.8. The van der Waals surface area contributed by atoms with Gasteiger partial charge >= 0.3 is 11.2 Å². The molecule has 2 N–H and O–H groups in total. The normalized spacial score (nSPS) is 17.7. The second kappa shape index (κ2) is 6.70. The number of nitrogens with zero attached hydrogens (tertiary/aromatic N) is 2. The second-order valence-electron chi connectivity index (χ2n) is 6.95. The third kappa shape index (κ3) is 3.17. The van der Waals surface area contributed by atoms with Crippen molar-refractivity contribution < 1.29 is 0 Å². The van der Waals surface area contributed by atoms with Crippen molar-refractivity contribution in [1.29, 1.82) is 0 Å². The van der Waals surface area contributed by atoms with Crippen LogP contribution >= 0.6 is 11.6 Å². The van der Waals surface area contributed by atoms with Crippen LogP contribution in [-0.4, -0.2) is 20.9 Å². The van der Waals surface area contributed by atoms with E-state index < -0.39 is 11.2 Å². The van der Waals surface area contributed by atoms with E-state index in [9.17, 15) is 9.59 Å². The monoisotopic (exact) mass is 382 g/mol. The molecule has 1 atom stereocenters. The van der Waals surface area contributed by atoms with E-state index in [0.717, 1.165) is 35.0 Å². The maximum absolute atomic E-state index is 12.8. The Hall–Kier alpha value is -2.86. The second-order valence-corrected chi connectivity index (χ2v) is 7.39. The topological polar surface area (TPSA) is 83.0 Å². The van der Waals surface area contributed by atoms with Gasteiger partial charge in [-0.05, 0) is 55.9 Å². The predicted octanol–water partition coefficient (Wildman–Crippen LogP) is 3.96. The summed E-state index contributed by atoms with van der Waals surface area (Å²) >= 11 is 6.03. The zero-order valence-electron chi connectivity index (χ0n) is 14.9. The largest absolute Gasteiger partial charge is 0.350 e. The number of H-pyrrole nitrogens is 2. The van der Waals surface area contributed by atoms with Gasteiger partial charge in [-0.15, -0.1) is 4.68 Å². The smallest absolute Gasteiger partial charge is 0.349 e. The minimum absolute atomic E-state index is 0.295. The average molecular weight is 383 g/mol. The lowest BCUT2D eigenvalue weighted by molar-refractivity contribution is 0.548. The molecule has 3 aromatic rings. The summed E-state index contributed by atoms with van der Waals surface area (Å²) in [7, 11) is 0. The lowest BCUT2D eigenvalue weighted by atomic mass is 9.86. The molecule has 0 saturated carbocycles. The maximum Gasteiger partial charge on any atom is 0.350 e. The fourth-order valence-electron chi connectivity index (χ4n) is 3.47. The average Bonchev–Trinajstić information content (AvgIpc) is 3.00. The van der Waals surface area contributed by atoms with Gasteiger partial charge in [0.1, 0.15) is 5.52 Å². The first-order chi connectivity index (χ1) is 12.9. The van der Waals surface area contributed by atoms with Crippen molar-refractivity contribution in [1.82, 2.24) is 14.6 Å². The molecule has 1 aromatic carbocycles. The SMILES string of the molecule is C=C(C)C1CC=C(/C=N/n2c(=O)[nH]c3c([nH]c4ccc(Cl)cc43)c2=O)CC1. The van der Waals surface area contributed by atoms with E-state index in [4.69, 9.17) is 11.6 Å². The molecule has 0 radical (unpaired) electrons. The number of nitrogens with one attached hydrogen (secondary N) is 2. The van der Waals surface area contributed by atoms with E-state index in [1.807, 2.05) is 6.92 Å². The van der Waals surface area contributed by atoms with Gasteiger partial charge < -0.3 is 9.97 Å². The lowest BCUT2D eigenvalue weighted by Crippen LogP contribution is -2.32. The summed E-state index contributed by atoms with van der Waals surface area (Å²) in [6.07, 6.45) is 6.44. The van der Waals surface area contributed by atoms with Crippen LogP contribution in [0.2, 0.25) is 5.02 Å². The van der Waals surface area contributed by atoms with Crippen molar-refractivity contribution in [3.8, 4) is 0 Å². The Morgan fingerprint density at radius 2 is 2.15 bits per heavy atom. The third-order valence-corrected chi connectivity index (χ3v) is 5.31. The zero-order valence-corrected chi connectivity index (χ0v) is 15.6. The van der Waals surface area contributed by atoms with Gasteiger partial charge in [-0.1, -0.05) is 29.8 Å². The molecule has 0 spiro atoms. The number of fused-ring (bicyclic) bond motifs is 3. The quantitative estimate of drug-likeness (QED) is 0.531. The number of benzene rings is 1. The fraction of sp³-hybridized carbons (Fsp3) is 0.250. The van der Waals surface area contributed by atoms with Crippen LogP contribution in [0.4, 0.5) is 0 Å². The summed E-state index contributed by atoms with van der Waals surface area (Å²) < 4.78 is 0.852. The Balaban J connectivity index is 1.75. The van der Waals surface area contributed by atoms with E-state index in [0.29, 0.717) is 27.4 Å². The van der Waals surface area contributed by atoms with Crippen LogP contribution in [0, 0.1) is 5.92 Å². The number of allylic oxidation sites excluding steroid dienone is 3. The highest BCUT2D eigenvalue weighted by Gasteiger charge is 2.15. The molecule has 27 heavy (non-hydrogen) atoms. The van der Waals surface area contributed by atoms with E-state index in [1.54, 1.807) is 24.4 Å². The molecular weight excluding hydrogens is 364 g/mol. The summed E-state index contributed by atoms with van der Waals surface area (Å²) in [4.78, 5) is 30.9. The Kier molecular flexibility index (Phi) is 4.36. The molecular formula is C20H19ClN4O2. The first-order valence-electron chi connectivity index (χ1n) is 8.79. The summed E-state index contributed by atoms with van der Waals surface area (Å²) in [5.41, 5.74) is 2.58. The summed E-state index contributed by atoms with van der Waals surface area (Å²) in [6, 6.07) is 5.21. The van der Waals surface area contributed by atoms with E-state index >= 15 is 0 Å². The molecule has 0 saturated heterocycles. The highest BCUT2D eigenvalue weighted by atomic mass is 35.5. The van der Waals surface area contributed by atoms with Crippen LogP contribution < -0.4 is 11.2 Å². The molecule has 1 aliphatic carbocycles. The van der Waals surface area contributed by atoms with Gasteiger partial charge in [-0.2, -0.15) is 5.10 Å². The highest BCUT2D eigenvalue weighted by molar-refractivity contribution is 6.31. The van der Waals surface area contributed by atoms with Gasteiger partial charge in [0.2, 0.25) is 0 Å². The van der Waals surface area contributed by atoms with E-state index in [2.05, 4.69) is 27.7 Å². The Morgan fingerprint density at radius 1 is 1.33 bits per heavy atom. The number of aromatic amines is 2.